The number of piperidine rings is 1. The van der Waals surface area contributed by atoms with E-state index >= 15 is 0 Å². The fourth-order valence-electron chi connectivity index (χ4n) is 3.29. The summed E-state index contributed by atoms with van der Waals surface area (Å²) in [7, 11) is 0. The van der Waals surface area contributed by atoms with Crippen LogP contribution in [0.3, 0.4) is 0 Å². The first-order valence-corrected chi connectivity index (χ1v) is 9.20. The van der Waals surface area contributed by atoms with Crippen LogP contribution in [-0.2, 0) is 17.9 Å². The minimum absolute atomic E-state index is 0. The van der Waals surface area contributed by atoms with Crippen molar-refractivity contribution in [2.75, 3.05) is 13.1 Å². The Bertz CT molecular complexity index is 667. The molecule has 2 heterocycles. The molecule has 1 N–H and O–H groups in total. The average Bonchev–Trinajstić information content (AvgIpc) is 2.64. The molecule has 1 aromatic carbocycles. The molecule has 0 spiro atoms. The Morgan fingerprint density at radius 2 is 1.77 bits per heavy atom. The fraction of sp³-hybridized carbons (Fsp3) is 0.429. The first-order chi connectivity index (χ1) is 12.2. The van der Waals surface area contributed by atoms with Gasteiger partial charge in [0.05, 0.1) is 6.42 Å². The lowest BCUT2D eigenvalue weighted by molar-refractivity contribution is -0.695. The highest BCUT2D eigenvalue weighted by Gasteiger charge is 2.21. The molecule has 0 atom stereocenters. The minimum atomic E-state index is 0. The van der Waals surface area contributed by atoms with Crippen molar-refractivity contribution in [2.45, 2.75) is 45.3 Å². The van der Waals surface area contributed by atoms with E-state index in [1.165, 1.54) is 11.1 Å². The molecule has 1 aliphatic heterocycles. The molecule has 0 aliphatic carbocycles. The molecule has 1 fully saturated rings. The number of nitrogens with one attached hydrogen (secondary N) is 1. The van der Waals surface area contributed by atoms with Crippen molar-refractivity contribution in [3.63, 3.8) is 0 Å². The number of hydrogen-bond acceptors (Lipinski definition) is 2. The van der Waals surface area contributed by atoms with Crippen molar-refractivity contribution < 1.29 is 26.3 Å². The second-order valence-corrected chi connectivity index (χ2v) is 6.97. The number of hydrogen-bond donors (Lipinski definition) is 1. The Morgan fingerprint density at radius 3 is 2.42 bits per heavy atom. The van der Waals surface area contributed by atoms with Crippen LogP contribution >= 0.6 is 0 Å². The molecule has 140 valence electrons. The molecule has 0 bridgehead atoms. The van der Waals surface area contributed by atoms with Gasteiger partial charge in [-0.05, 0) is 30.9 Å². The molecule has 1 saturated heterocycles. The molecule has 1 aromatic heterocycles. The van der Waals surface area contributed by atoms with Gasteiger partial charge in [-0.1, -0.05) is 30.3 Å². The number of pyridine rings is 1. The van der Waals surface area contributed by atoms with Crippen LogP contribution in [0.4, 0.5) is 0 Å². The monoisotopic (exact) mass is 417 g/mol. The van der Waals surface area contributed by atoms with Crippen LogP contribution in [0.5, 0.6) is 0 Å². The van der Waals surface area contributed by atoms with Crippen LogP contribution in [0, 0.1) is 6.92 Å². The lowest BCUT2D eigenvalue weighted by Gasteiger charge is -2.32. The van der Waals surface area contributed by atoms with E-state index in [1.807, 2.05) is 12.4 Å². The number of carbonyl (C=O) groups excluding carboxylic acids is 1. The van der Waals surface area contributed by atoms with Crippen LogP contribution in [0.15, 0.2) is 54.9 Å². The van der Waals surface area contributed by atoms with E-state index in [-0.39, 0.29) is 22.9 Å². The number of carbonyl (C=O) groups is 1. The van der Waals surface area contributed by atoms with E-state index in [0.717, 1.165) is 39.0 Å². The largest absolute Gasteiger partial charge is 1.00 e. The van der Waals surface area contributed by atoms with Gasteiger partial charge in [-0.25, -0.2) is 4.57 Å². The number of aryl methyl sites for hydroxylation is 2. The molecule has 4 nitrogen and oxygen atoms in total. The predicted octanol–water partition coefficient (Wildman–Crippen LogP) is -0.543. The molecule has 0 unspecified atom stereocenters. The summed E-state index contributed by atoms with van der Waals surface area (Å²) in [5.74, 6) is 0.162. The molecule has 1 aliphatic rings. The number of halogens is 1. The number of benzene rings is 1. The first-order valence-electron chi connectivity index (χ1n) is 9.20. The van der Waals surface area contributed by atoms with Crippen molar-refractivity contribution >= 4 is 5.91 Å². The summed E-state index contributed by atoms with van der Waals surface area (Å²) in [4.78, 5) is 14.7. The van der Waals surface area contributed by atoms with E-state index in [1.54, 1.807) is 0 Å². The third-order valence-corrected chi connectivity index (χ3v) is 4.86. The van der Waals surface area contributed by atoms with Crippen LogP contribution in [0.1, 0.15) is 30.4 Å². The van der Waals surface area contributed by atoms with Gasteiger partial charge in [-0.2, -0.15) is 0 Å². The second kappa shape index (κ2) is 10.4. The lowest BCUT2D eigenvalue weighted by atomic mass is 10.0. The summed E-state index contributed by atoms with van der Waals surface area (Å²) in [5.41, 5.74) is 2.60. The third kappa shape index (κ3) is 6.54. The van der Waals surface area contributed by atoms with Crippen molar-refractivity contribution in [2.24, 2.45) is 0 Å². The van der Waals surface area contributed by atoms with Crippen LogP contribution in [-0.4, -0.2) is 29.9 Å². The molecule has 3 rings (SSSR count). The third-order valence-electron chi connectivity index (χ3n) is 4.86. The summed E-state index contributed by atoms with van der Waals surface area (Å²) in [6.45, 7) is 5.91. The minimum Gasteiger partial charge on any atom is -1.00 e. The van der Waals surface area contributed by atoms with Gasteiger partial charge in [0.1, 0.15) is 0 Å². The summed E-state index contributed by atoms with van der Waals surface area (Å²) in [6, 6.07) is 15.1. The number of nitrogens with zero attached hydrogens (tertiary/aromatic N) is 2. The highest BCUT2D eigenvalue weighted by molar-refractivity contribution is 5.76. The zero-order valence-corrected chi connectivity index (χ0v) is 17.0. The Morgan fingerprint density at radius 1 is 1.12 bits per heavy atom. The Balaban J connectivity index is 0.00000243. The summed E-state index contributed by atoms with van der Waals surface area (Å²) < 4.78 is 2.06. The van der Waals surface area contributed by atoms with Gasteiger partial charge < -0.3 is 22.3 Å². The maximum absolute atomic E-state index is 12.2. The van der Waals surface area contributed by atoms with Gasteiger partial charge in [0.2, 0.25) is 5.91 Å². The van der Waals surface area contributed by atoms with Gasteiger partial charge >= 0.3 is 0 Å². The normalized spacial score (nSPS) is 15.3. The Hall–Kier alpha value is -1.72. The molecule has 5 heteroatoms. The van der Waals surface area contributed by atoms with Crippen molar-refractivity contribution in [3.05, 3.63) is 66.0 Å². The highest BCUT2D eigenvalue weighted by Crippen LogP contribution is 2.13. The van der Waals surface area contributed by atoms with Gasteiger partial charge in [0.25, 0.3) is 0 Å². The molecule has 2 aromatic rings. The maximum Gasteiger partial charge on any atom is 0.226 e. The fourth-order valence-corrected chi connectivity index (χ4v) is 3.29. The molecular weight excluding hydrogens is 390 g/mol. The highest BCUT2D eigenvalue weighted by atomic mass is 79.9. The molecule has 1 amide bonds. The van der Waals surface area contributed by atoms with Gasteiger partial charge in [-0.15, -0.1) is 0 Å². The zero-order chi connectivity index (χ0) is 17.5. The van der Waals surface area contributed by atoms with E-state index in [2.05, 4.69) is 64.2 Å². The quantitative estimate of drug-likeness (QED) is 0.640. The van der Waals surface area contributed by atoms with Gasteiger partial charge in [-0.3, -0.25) is 9.69 Å². The smallest absolute Gasteiger partial charge is 0.226 e. The number of rotatable bonds is 6. The van der Waals surface area contributed by atoms with Gasteiger partial charge in [0, 0.05) is 37.8 Å². The molecular formula is C21H28BrN3O. The van der Waals surface area contributed by atoms with Crippen LogP contribution in [0.25, 0.3) is 0 Å². The lowest BCUT2D eigenvalue weighted by Crippen LogP contribution is -3.00. The van der Waals surface area contributed by atoms with Crippen LogP contribution in [0.2, 0.25) is 0 Å². The summed E-state index contributed by atoms with van der Waals surface area (Å²) >= 11 is 0. The SMILES string of the molecule is Cc1cc[n+](CCC(=O)NC2CCN(Cc3ccccc3)CC2)cc1.[Br-]. The van der Waals surface area contributed by atoms with Crippen molar-refractivity contribution in [1.82, 2.24) is 10.2 Å². The average molecular weight is 418 g/mol. The Kier molecular flexibility index (Phi) is 8.26. The van der Waals surface area contributed by atoms with E-state index in [9.17, 15) is 4.79 Å². The first kappa shape index (κ1) is 20.6. The maximum atomic E-state index is 12.2. The number of aromatic nitrogens is 1. The number of likely N-dealkylation sites (tertiary alicyclic amines) is 1. The Labute approximate surface area is 167 Å². The van der Waals surface area contributed by atoms with E-state index < -0.39 is 0 Å². The standard InChI is InChI=1S/C21H27N3O.BrH/c1-18-7-12-23(13-8-18)16-11-21(25)22-20-9-14-24(15-10-20)17-19-5-3-2-4-6-19;/h2-8,12-13,20H,9-11,14-17H2,1H3;1H. The topological polar surface area (TPSA) is 36.2 Å². The van der Waals surface area contributed by atoms with Crippen LogP contribution < -0.4 is 26.9 Å². The predicted molar refractivity (Wildman–Crippen MR) is 98.9 cm³/mol. The van der Waals surface area contributed by atoms with E-state index in [4.69, 9.17) is 0 Å². The zero-order valence-electron chi connectivity index (χ0n) is 15.4. The molecule has 0 radical (unpaired) electrons. The summed E-state index contributed by atoms with van der Waals surface area (Å²) in [6.07, 6.45) is 6.68. The summed E-state index contributed by atoms with van der Waals surface area (Å²) in [5, 5.41) is 3.21. The molecule has 26 heavy (non-hydrogen) atoms. The van der Waals surface area contributed by atoms with Crippen molar-refractivity contribution in [1.29, 1.82) is 0 Å². The van der Waals surface area contributed by atoms with Crippen molar-refractivity contribution in [3.8, 4) is 0 Å². The van der Waals surface area contributed by atoms with Gasteiger partial charge in [0.15, 0.2) is 18.9 Å². The number of amides is 1. The second-order valence-electron chi connectivity index (χ2n) is 6.97. The molecule has 0 saturated carbocycles. The van der Waals surface area contributed by atoms with E-state index in [0.29, 0.717) is 12.5 Å².